The van der Waals surface area contributed by atoms with Crippen LogP contribution in [0.4, 0.5) is 0 Å². The maximum absolute atomic E-state index is 13.1. The van der Waals surface area contributed by atoms with Crippen molar-refractivity contribution in [3.63, 3.8) is 0 Å². The van der Waals surface area contributed by atoms with Gasteiger partial charge in [-0.05, 0) is 62.9 Å². The highest BCUT2D eigenvalue weighted by molar-refractivity contribution is 6.31. The highest BCUT2D eigenvalue weighted by atomic mass is 35.5. The third-order valence-electron chi connectivity index (χ3n) is 5.37. The second-order valence-corrected chi connectivity index (χ2v) is 8.00. The fraction of sp³-hybridized carbons (Fsp3) is 0.417. The van der Waals surface area contributed by atoms with Crippen LogP contribution in [0.5, 0.6) is 5.75 Å². The average Bonchev–Trinajstić information content (AvgIpc) is 2.73. The number of halogens is 1. The first-order valence-electron chi connectivity index (χ1n) is 10.3. The van der Waals surface area contributed by atoms with Crippen LogP contribution in [0.15, 0.2) is 42.5 Å². The van der Waals surface area contributed by atoms with Gasteiger partial charge in [0.1, 0.15) is 11.8 Å². The summed E-state index contributed by atoms with van der Waals surface area (Å²) in [7, 11) is 0. The summed E-state index contributed by atoms with van der Waals surface area (Å²) in [5.41, 5.74) is 2.86. The number of hydrogen-bond donors (Lipinski definition) is 1. The minimum absolute atomic E-state index is 0.0309. The summed E-state index contributed by atoms with van der Waals surface area (Å²) in [6.45, 7) is 9.69. The van der Waals surface area contributed by atoms with Gasteiger partial charge in [-0.1, -0.05) is 48.9 Å². The van der Waals surface area contributed by atoms with Crippen molar-refractivity contribution in [2.45, 2.75) is 59.7 Å². The molecule has 2 aromatic carbocycles. The van der Waals surface area contributed by atoms with Crippen LogP contribution < -0.4 is 10.1 Å². The zero-order chi connectivity index (χ0) is 22.3. The van der Waals surface area contributed by atoms with Gasteiger partial charge >= 0.3 is 0 Å². The molecule has 2 rings (SSSR count). The summed E-state index contributed by atoms with van der Waals surface area (Å²) in [5, 5.41) is 3.50. The second-order valence-electron chi connectivity index (χ2n) is 7.59. The van der Waals surface area contributed by atoms with Gasteiger partial charge in [0.25, 0.3) is 5.91 Å². The van der Waals surface area contributed by atoms with E-state index in [2.05, 4.69) is 5.32 Å². The van der Waals surface area contributed by atoms with E-state index in [9.17, 15) is 9.59 Å². The number of benzene rings is 2. The third-order valence-corrected chi connectivity index (χ3v) is 5.74. The lowest BCUT2D eigenvalue weighted by atomic mass is 10.1. The van der Waals surface area contributed by atoms with Gasteiger partial charge in [-0.2, -0.15) is 0 Å². The second kappa shape index (κ2) is 11.0. The molecule has 0 fully saturated rings. The molecule has 1 N–H and O–H groups in total. The van der Waals surface area contributed by atoms with E-state index in [0.29, 0.717) is 10.8 Å². The number of hydrogen-bond acceptors (Lipinski definition) is 3. The van der Waals surface area contributed by atoms with Gasteiger partial charge < -0.3 is 15.0 Å². The van der Waals surface area contributed by atoms with Gasteiger partial charge in [0.15, 0.2) is 6.61 Å². The van der Waals surface area contributed by atoms with Gasteiger partial charge in [0, 0.05) is 17.6 Å². The van der Waals surface area contributed by atoms with Gasteiger partial charge in [-0.25, -0.2) is 0 Å². The van der Waals surface area contributed by atoms with E-state index in [1.165, 1.54) is 4.90 Å². The molecule has 0 aromatic heterocycles. The van der Waals surface area contributed by atoms with Crippen LogP contribution in [0.1, 0.15) is 43.9 Å². The molecule has 0 saturated carbocycles. The molecule has 0 unspecified atom stereocenters. The Bertz CT molecular complexity index is 885. The normalized spacial score (nSPS) is 12.7. The van der Waals surface area contributed by atoms with Crippen molar-refractivity contribution in [2.24, 2.45) is 0 Å². The quantitative estimate of drug-likeness (QED) is 0.629. The summed E-state index contributed by atoms with van der Waals surface area (Å²) < 4.78 is 5.80. The number of ether oxygens (including phenoxy) is 1. The predicted octanol–water partition coefficient (Wildman–Crippen LogP) is 4.67. The molecule has 30 heavy (non-hydrogen) atoms. The molecular formula is C24H31ClN2O3. The van der Waals surface area contributed by atoms with Crippen LogP contribution in [0.2, 0.25) is 5.02 Å². The topological polar surface area (TPSA) is 58.6 Å². The van der Waals surface area contributed by atoms with Gasteiger partial charge in [-0.3, -0.25) is 9.59 Å². The number of carbonyl (C=O) groups is 2. The summed E-state index contributed by atoms with van der Waals surface area (Å²) in [5.74, 6) is 0.192. The summed E-state index contributed by atoms with van der Waals surface area (Å²) in [4.78, 5) is 27.4. The first-order chi connectivity index (χ1) is 14.2. The van der Waals surface area contributed by atoms with Crippen molar-refractivity contribution in [1.29, 1.82) is 0 Å². The molecular weight excluding hydrogens is 400 g/mol. The van der Waals surface area contributed by atoms with E-state index in [0.717, 1.165) is 23.1 Å². The van der Waals surface area contributed by atoms with Crippen LogP contribution in [-0.2, 0) is 16.1 Å². The maximum atomic E-state index is 13.1. The number of rotatable bonds is 9. The Morgan fingerprint density at radius 1 is 1.10 bits per heavy atom. The highest BCUT2D eigenvalue weighted by Gasteiger charge is 2.27. The van der Waals surface area contributed by atoms with E-state index >= 15 is 0 Å². The molecule has 2 amide bonds. The van der Waals surface area contributed by atoms with Crippen LogP contribution in [0.3, 0.4) is 0 Å². The number of aryl methyl sites for hydroxylation is 1. The maximum Gasteiger partial charge on any atom is 0.261 e. The highest BCUT2D eigenvalue weighted by Crippen LogP contribution is 2.22. The van der Waals surface area contributed by atoms with Crippen molar-refractivity contribution in [2.75, 3.05) is 6.61 Å². The van der Waals surface area contributed by atoms with Gasteiger partial charge in [0.2, 0.25) is 5.91 Å². The zero-order valence-corrected chi connectivity index (χ0v) is 19.1. The van der Waals surface area contributed by atoms with E-state index in [1.807, 2.05) is 64.1 Å². The molecule has 5 nitrogen and oxygen atoms in total. The van der Waals surface area contributed by atoms with Crippen molar-refractivity contribution in [3.8, 4) is 5.75 Å². The summed E-state index contributed by atoms with van der Waals surface area (Å²) in [6, 6.07) is 12.4. The fourth-order valence-electron chi connectivity index (χ4n) is 2.96. The van der Waals surface area contributed by atoms with Crippen molar-refractivity contribution in [3.05, 3.63) is 64.2 Å². The molecule has 0 spiro atoms. The first kappa shape index (κ1) is 23.7. The molecule has 0 radical (unpaired) electrons. The molecule has 162 valence electrons. The van der Waals surface area contributed by atoms with Gasteiger partial charge in [0.05, 0.1) is 0 Å². The largest absolute Gasteiger partial charge is 0.483 e. The summed E-state index contributed by atoms with van der Waals surface area (Å²) >= 11 is 6.31. The smallest absolute Gasteiger partial charge is 0.261 e. The molecule has 0 bridgehead atoms. The average molecular weight is 431 g/mol. The predicted molar refractivity (Wildman–Crippen MR) is 121 cm³/mol. The third kappa shape index (κ3) is 6.23. The number of carbonyl (C=O) groups excluding carboxylic acids is 2. The molecule has 0 heterocycles. The Kier molecular flexibility index (Phi) is 8.72. The van der Waals surface area contributed by atoms with Gasteiger partial charge in [-0.15, -0.1) is 0 Å². The lowest BCUT2D eigenvalue weighted by molar-refractivity contribution is -0.142. The minimum Gasteiger partial charge on any atom is -0.483 e. The number of amides is 2. The number of nitrogens with one attached hydrogen (secondary N) is 1. The Balaban J connectivity index is 2.20. The fourth-order valence-corrected chi connectivity index (χ4v) is 3.16. The van der Waals surface area contributed by atoms with E-state index in [1.54, 1.807) is 13.0 Å². The van der Waals surface area contributed by atoms with E-state index in [-0.39, 0.29) is 31.0 Å². The monoisotopic (exact) mass is 430 g/mol. The lowest BCUT2D eigenvalue weighted by Crippen LogP contribution is -2.50. The Labute approximate surface area is 184 Å². The Morgan fingerprint density at radius 2 is 1.80 bits per heavy atom. The minimum atomic E-state index is -0.662. The zero-order valence-electron chi connectivity index (χ0n) is 18.4. The van der Waals surface area contributed by atoms with E-state index < -0.39 is 6.04 Å². The van der Waals surface area contributed by atoms with E-state index in [4.69, 9.17) is 16.3 Å². The lowest BCUT2D eigenvalue weighted by Gasteiger charge is -2.30. The molecule has 0 aliphatic heterocycles. The van der Waals surface area contributed by atoms with Crippen LogP contribution in [0, 0.1) is 13.8 Å². The first-order valence-corrected chi connectivity index (χ1v) is 10.6. The number of nitrogens with zero attached hydrogens (tertiary/aromatic N) is 1. The molecule has 6 heteroatoms. The van der Waals surface area contributed by atoms with Crippen LogP contribution >= 0.6 is 11.6 Å². The summed E-state index contributed by atoms with van der Waals surface area (Å²) in [6.07, 6.45) is 0.812. The van der Waals surface area contributed by atoms with Crippen LogP contribution in [-0.4, -0.2) is 35.4 Å². The molecule has 0 aliphatic rings. The van der Waals surface area contributed by atoms with Crippen LogP contribution in [0.25, 0.3) is 0 Å². The van der Waals surface area contributed by atoms with Crippen molar-refractivity contribution < 1.29 is 14.3 Å². The van der Waals surface area contributed by atoms with Crippen molar-refractivity contribution in [1.82, 2.24) is 10.2 Å². The molecule has 0 saturated heterocycles. The Morgan fingerprint density at radius 3 is 2.47 bits per heavy atom. The molecule has 0 aliphatic carbocycles. The SMILES string of the molecule is CC[C@@H](C)NC(=O)[C@@H](C)N(Cc1ccccc1Cl)C(=O)COc1cccc(C)c1C. The van der Waals surface area contributed by atoms with Crippen molar-refractivity contribution >= 4 is 23.4 Å². The molecule has 2 aromatic rings. The molecule has 2 atom stereocenters. The standard InChI is InChI=1S/C24H31ClN2O3/c1-6-17(3)26-24(29)19(5)27(14-20-11-7-8-12-21(20)25)23(28)15-30-22-13-9-10-16(2)18(22)4/h7-13,17,19H,6,14-15H2,1-5H3,(H,26,29)/t17-,19-/m1/s1. The Hall–Kier alpha value is -2.53.